The summed E-state index contributed by atoms with van der Waals surface area (Å²) in [5.74, 6) is 2.93. The summed E-state index contributed by atoms with van der Waals surface area (Å²) in [6, 6.07) is 178. The zero-order valence-electron chi connectivity index (χ0n) is 77.8. The lowest BCUT2D eigenvalue weighted by Gasteiger charge is -2.14. The first-order valence-electron chi connectivity index (χ1n) is 49.4. The maximum atomic E-state index is 5.41. The zero-order valence-corrected chi connectivity index (χ0v) is 77.8. The molecular formula is C135H81N9. The number of fused-ring (bicyclic) bond motifs is 36. The third-order valence-corrected chi connectivity index (χ3v) is 30.7. The quantitative estimate of drug-likeness (QED) is 0.167. The minimum Gasteiger partial charge on any atom is -0.309 e. The molecule has 9 aromatic heterocycles. The molecule has 30 aromatic rings. The second kappa shape index (κ2) is 31.1. The molecule has 3 aliphatic heterocycles. The van der Waals surface area contributed by atoms with Crippen LogP contribution in [0.3, 0.4) is 0 Å². The fraction of sp³-hybridized carbons (Fsp3) is 0. The Morgan fingerprint density at radius 3 is 0.896 bits per heavy atom. The molecule has 0 radical (unpaired) electrons. The van der Waals surface area contributed by atoms with Gasteiger partial charge in [0.05, 0.1) is 82.8 Å². The molecule has 0 fully saturated rings. The summed E-state index contributed by atoms with van der Waals surface area (Å²) in [6.07, 6.45) is 0. The molecule has 9 heteroatoms. The van der Waals surface area contributed by atoms with E-state index in [1.807, 2.05) is 0 Å². The number of para-hydroxylation sites is 13. The molecule has 666 valence electrons. The van der Waals surface area contributed by atoms with Crippen LogP contribution in [-0.4, -0.2) is 42.4 Å². The van der Waals surface area contributed by atoms with E-state index in [-0.39, 0.29) is 0 Å². The van der Waals surface area contributed by atoms with Crippen LogP contribution < -0.4 is 0 Å². The predicted octanol–water partition coefficient (Wildman–Crippen LogP) is 35.2. The Morgan fingerprint density at radius 1 is 0.132 bits per heavy atom. The van der Waals surface area contributed by atoms with Crippen LogP contribution in [0.4, 0.5) is 0 Å². The topological polar surface area (TPSA) is 68.2 Å². The van der Waals surface area contributed by atoms with Crippen molar-refractivity contribution in [2.75, 3.05) is 0 Å². The zero-order chi connectivity index (χ0) is 94.0. The van der Waals surface area contributed by atoms with E-state index in [0.717, 1.165) is 94.8 Å². The first kappa shape index (κ1) is 79.7. The van der Waals surface area contributed by atoms with Gasteiger partial charge in [-0.15, -0.1) is 0 Å². The minimum atomic E-state index is 0.974. The van der Waals surface area contributed by atoms with E-state index >= 15 is 0 Å². The van der Waals surface area contributed by atoms with Crippen molar-refractivity contribution in [3.8, 4) is 135 Å². The normalized spacial score (nSPS) is 12.2. The minimum absolute atomic E-state index is 0.974. The number of aromatic nitrogens is 9. The Balaban J connectivity index is 0.0000000986. The second-order valence-corrected chi connectivity index (χ2v) is 38.3. The van der Waals surface area contributed by atoms with E-state index < -0.39 is 0 Å². The van der Waals surface area contributed by atoms with Crippen LogP contribution in [0.1, 0.15) is 0 Å². The Labute approximate surface area is 826 Å². The number of pyridine rings is 3. The van der Waals surface area contributed by atoms with Gasteiger partial charge in [0.2, 0.25) is 0 Å². The van der Waals surface area contributed by atoms with Gasteiger partial charge in [0, 0.05) is 137 Å². The third kappa shape index (κ3) is 11.7. The summed E-state index contributed by atoms with van der Waals surface area (Å²) in [5, 5.41) is 18.4. The fourth-order valence-electron chi connectivity index (χ4n) is 24.5. The molecule has 0 amide bonds. The van der Waals surface area contributed by atoms with Gasteiger partial charge in [0.15, 0.2) is 0 Å². The van der Waals surface area contributed by atoms with Gasteiger partial charge in [-0.1, -0.05) is 358 Å². The smallest absolute Gasteiger partial charge is 0.146 e. The fourth-order valence-corrected chi connectivity index (χ4v) is 24.5. The highest BCUT2D eigenvalue weighted by molar-refractivity contribution is 6.24. The number of nitrogens with zero attached hydrogens (tertiary/aromatic N) is 9. The van der Waals surface area contributed by atoms with Gasteiger partial charge in [-0.2, -0.15) is 0 Å². The highest BCUT2D eigenvalue weighted by Gasteiger charge is 2.33. The first-order valence-corrected chi connectivity index (χ1v) is 49.4. The van der Waals surface area contributed by atoms with Crippen molar-refractivity contribution in [2.45, 2.75) is 0 Å². The van der Waals surface area contributed by atoms with Gasteiger partial charge in [-0.05, 0) is 195 Å². The lowest BCUT2D eigenvalue weighted by atomic mass is 9.93. The maximum Gasteiger partial charge on any atom is 0.146 e. The van der Waals surface area contributed by atoms with E-state index in [1.165, 1.54) is 203 Å². The number of hydrogen-bond acceptors (Lipinski definition) is 3. The molecule has 0 spiro atoms. The van der Waals surface area contributed by atoms with Crippen molar-refractivity contribution in [3.05, 3.63) is 491 Å². The molecule has 0 aliphatic carbocycles. The van der Waals surface area contributed by atoms with Crippen molar-refractivity contribution in [1.29, 1.82) is 0 Å². The molecule has 0 N–H and O–H groups in total. The van der Waals surface area contributed by atoms with Crippen molar-refractivity contribution >= 4 is 164 Å². The summed E-state index contributed by atoms with van der Waals surface area (Å²) >= 11 is 0. The molecule has 0 unspecified atom stereocenters. The second-order valence-electron chi connectivity index (χ2n) is 38.3. The summed E-state index contributed by atoms with van der Waals surface area (Å²) in [7, 11) is 0. The van der Waals surface area contributed by atoms with E-state index in [1.54, 1.807) is 0 Å². The monoisotopic (exact) mass is 1830 g/mol. The lowest BCUT2D eigenvalue weighted by molar-refractivity contribution is 1.11. The van der Waals surface area contributed by atoms with Crippen LogP contribution in [-0.2, 0) is 0 Å². The van der Waals surface area contributed by atoms with E-state index in [4.69, 9.17) is 15.0 Å². The molecule has 0 bridgehead atoms. The average Bonchev–Trinajstić information content (AvgIpc) is 1.55. The number of benzene rings is 21. The summed E-state index contributed by atoms with van der Waals surface area (Å²) < 4.78 is 14.4. The summed E-state index contributed by atoms with van der Waals surface area (Å²) in [6.45, 7) is 0. The van der Waals surface area contributed by atoms with Crippen LogP contribution in [0.2, 0.25) is 0 Å². The van der Waals surface area contributed by atoms with E-state index in [2.05, 4.69) is 519 Å². The average molecular weight is 1830 g/mol. The molecule has 144 heavy (non-hydrogen) atoms. The van der Waals surface area contributed by atoms with E-state index in [9.17, 15) is 0 Å². The van der Waals surface area contributed by atoms with Crippen LogP contribution in [0.5, 0.6) is 0 Å². The van der Waals surface area contributed by atoms with Crippen LogP contribution >= 0.6 is 0 Å². The number of hydrogen-bond donors (Lipinski definition) is 0. The molecule has 0 saturated carbocycles. The maximum absolute atomic E-state index is 5.41. The van der Waals surface area contributed by atoms with Crippen LogP contribution in [0, 0.1) is 0 Å². The Kier molecular flexibility index (Phi) is 17.2. The summed E-state index contributed by atoms with van der Waals surface area (Å²) in [4.78, 5) is 16.1. The Bertz CT molecular complexity index is 10800. The molecule has 3 aliphatic rings. The highest BCUT2D eigenvalue weighted by atomic mass is 15.1. The van der Waals surface area contributed by atoms with Gasteiger partial charge in [0.1, 0.15) is 17.5 Å². The Morgan fingerprint density at radius 2 is 0.403 bits per heavy atom. The highest BCUT2D eigenvalue weighted by Crippen LogP contribution is 2.54. The summed E-state index contributed by atoms with van der Waals surface area (Å²) in [5.41, 5.74) is 42.6. The molecular weight excluding hydrogens is 1750 g/mol. The SMILES string of the molecule is c1ccc(-n2c3ccccc3c3c(-c4ccc5c6cccc7c6n(c5c4)-c4nc5ccccc5cc4-c4ccccc4-7)cccc32)cc1.c1ccc(-n2c3ccccc3c3ccc(-c4ccc5c(c4)c4cccc6c4n5-c4nc5ccccc5cc4-c4ccccc4-6)cc32)cc1.c1ccc(-n2c3ccccc3c3cccc(-c4ccc5c(c4)c4cccc6c4n5-c4nc5ccccc5cc4-c4ccccc4-6)c32)cc1. The lowest BCUT2D eigenvalue weighted by Crippen LogP contribution is -2.00. The van der Waals surface area contributed by atoms with Crippen LogP contribution in [0.25, 0.3) is 298 Å². The predicted molar refractivity (Wildman–Crippen MR) is 601 cm³/mol. The molecule has 0 atom stereocenters. The van der Waals surface area contributed by atoms with Gasteiger partial charge in [-0.25, -0.2) is 15.0 Å². The van der Waals surface area contributed by atoms with Crippen molar-refractivity contribution in [3.63, 3.8) is 0 Å². The third-order valence-electron chi connectivity index (χ3n) is 30.7. The molecule has 21 aromatic carbocycles. The van der Waals surface area contributed by atoms with Crippen LogP contribution in [0.15, 0.2) is 491 Å². The molecule has 12 heterocycles. The van der Waals surface area contributed by atoms with Gasteiger partial charge >= 0.3 is 0 Å². The Hall–Kier alpha value is -19.4. The largest absolute Gasteiger partial charge is 0.309 e. The molecule has 0 saturated heterocycles. The molecule has 9 nitrogen and oxygen atoms in total. The number of rotatable bonds is 6. The van der Waals surface area contributed by atoms with Gasteiger partial charge in [-0.3, -0.25) is 13.7 Å². The van der Waals surface area contributed by atoms with Crippen molar-refractivity contribution in [1.82, 2.24) is 42.4 Å². The van der Waals surface area contributed by atoms with E-state index in [0.29, 0.717) is 0 Å². The van der Waals surface area contributed by atoms with Crippen molar-refractivity contribution in [2.24, 2.45) is 0 Å². The van der Waals surface area contributed by atoms with Gasteiger partial charge in [0.25, 0.3) is 0 Å². The standard InChI is InChI=1S/3C45H27N3/c1-2-13-30(14-3-1)47-40-22-9-7-17-37(40)43-31(18-11-23-41(43)47)28-24-25-34-36-20-10-19-35-32-15-5-6-16-33(32)38-26-29-12-4-8-21-39(29)46-45(38)48(44(35)36)42(34)27-28;1-2-13-30(14-3-1)47-41-23-9-7-17-34(41)36-20-10-18-31(43(36)47)28-24-25-42-38(26-28)37-21-11-19-35-32-15-5-6-16-33(32)39-27-29-12-4-8-22-40(29)46-45(39)48(42)44(35)37;1-2-12-31(13-3-1)47-41-20-9-7-16-34(41)35-23-21-29(27-43(35)47)28-22-24-42-38(25-28)37-18-10-17-36-32-14-5-6-15-33(32)39-26-30-11-4-8-19-40(30)46-45(39)48(42)44(36)37/h3*1-27H. The van der Waals surface area contributed by atoms with Crippen molar-refractivity contribution < 1.29 is 0 Å². The van der Waals surface area contributed by atoms with Gasteiger partial charge < -0.3 is 13.7 Å². The first-order chi connectivity index (χ1) is 71.5. The molecule has 33 rings (SSSR count).